The van der Waals surface area contributed by atoms with Crippen LogP contribution in [0.4, 0.5) is 0 Å². The van der Waals surface area contributed by atoms with Crippen molar-refractivity contribution in [2.45, 2.75) is 18.4 Å². The molecule has 4 N–H and O–H groups in total. The molecule has 0 bridgehead atoms. The summed E-state index contributed by atoms with van der Waals surface area (Å²) >= 11 is 0. The topological polar surface area (TPSA) is 171 Å². The van der Waals surface area contributed by atoms with Gasteiger partial charge in [-0.1, -0.05) is 0 Å². The van der Waals surface area contributed by atoms with Crippen LogP contribution in [0.3, 0.4) is 0 Å². The van der Waals surface area contributed by atoms with E-state index in [4.69, 9.17) is 25.2 Å². The van der Waals surface area contributed by atoms with Crippen LogP contribution in [-0.2, 0) is 30.5 Å². The molecule has 0 amide bonds. The Bertz CT molecular complexity index is 627. The minimum Gasteiger partial charge on any atom is -0.480 e. The van der Waals surface area contributed by atoms with Gasteiger partial charge >= 0.3 is 23.9 Å². The van der Waals surface area contributed by atoms with Crippen LogP contribution in [0.5, 0.6) is 0 Å². The van der Waals surface area contributed by atoms with Crippen molar-refractivity contribution < 1.29 is 44.3 Å². The molecule has 0 unspecified atom stereocenters. The fraction of sp³-hybridized carbons (Fsp3) is 0.308. The lowest BCUT2D eigenvalue weighted by Crippen LogP contribution is -2.28. The monoisotopic (exact) mass is 327 g/mol. The van der Waals surface area contributed by atoms with Crippen LogP contribution in [0.2, 0.25) is 0 Å². The highest BCUT2D eigenvalue weighted by Gasteiger charge is 2.38. The van der Waals surface area contributed by atoms with Gasteiger partial charge in [0.15, 0.2) is 11.8 Å². The number of pyridine rings is 1. The predicted molar refractivity (Wildman–Crippen MR) is 71.0 cm³/mol. The fourth-order valence-corrected chi connectivity index (χ4v) is 1.97. The van der Waals surface area contributed by atoms with E-state index in [9.17, 15) is 19.2 Å². The van der Waals surface area contributed by atoms with Crippen molar-refractivity contribution in [3.63, 3.8) is 0 Å². The van der Waals surface area contributed by atoms with Gasteiger partial charge in [-0.2, -0.15) is 0 Å². The zero-order chi connectivity index (χ0) is 17.7. The summed E-state index contributed by atoms with van der Waals surface area (Å²) in [6.45, 7) is -0.0446. The second-order valence-corrected chi connectivity index (χ2v) is 4.47. The van der Waals surface area contributed by atoms with Crippen molar-refractivity contribution in [1.29, 1.82) is 0 Å². The van der Waals surface area contributed by atoms with Gasteiger partial charge in [-0.3, -0.25) is 24.2 Å². The summed E-state index contributed by atoms with van der Waals surface area (Å²) < 4.78 is 4.81. The lowest BCUT2D eigenvalue weighted by molar-refractivity contribution is -0.153. The van der Waals surface area contributed by atoms with E-state index in [1.165, 1.54) is 7.11 Å². The Labute approximate surface area is 129 Å². The number of hydrogen-bond acceptors (Lipinski definition) is 6. The van der Waals surface area contributed by atoms with Crippen LogP contribution in [0.15, 0.2) is 12.3 Å². The van der Waals surface area contributed by atoms with Gasteiger partial charge in [-0.15, -0.1) is 0 Å². The van der Waals surface area contributed by atoms with E-state index in [0.717, 1.165) is 12.3 Å². The predicted octanol–water partition coefficient (Wildman–Crippen LogP) is -0.266. The van der Waals surface area contributed by atoms with Gasteiger partial charge in [0.1, 0.15) is 0 Å². The van der Waals surface area contributed by atoms with Crippen molar-refractivity contribution in [1.82, 2.24) is 4.98 Å². The molecule has 0 saturated carbocycles. The zero-order valence-corrected chi connectivity index (χ0v) is 11.8. The summed E-state index contributed by atoms with van der Waals surface area (Å²) in [6, 6.07) is 1.07. The van der Waals surface area contributed by atoms with Gasteiger partial charge in [-0.05, 0) is 11.6 Å². The summed E-state index contributed by atoms with van der Waals surface area (Å²) in [6.07, 6.45) is 1.10. The average Bonchev–Trinajstić information content (AvgIpc) is 2.40. The van der Waals surface area contributed by atoms with Crippen LogP contribution in [0, 0.1) is 0 Å². The Kier molecular flexibility index (Phi) is 5.74. The second-order valence-electron chi connectivity index (χ2n) is 4.47. The molecular weight excluding hydrogens is 314 g/mol. The molecule has 1 aromatic heterocycles. The van der Waals surface area contributed by atoms with Crippen LogP contribution in [-0.4, -0.2) is 56.4 Å². The number of carboxylic acid groups (broad SMARTS) is 4. The lowest BCUT2D eigenvalue weighted by Gasteiger charge is -2.16. The normalized spacial score (nSPS) is 10.7. The van der Waals surface area contributed by atoms with Gasteiger partial charge in [-0.25, -0.2) is 0 Å². The summed E-state index contributed by atoms with van der Waals surface area (Å²) in [4.78, 5) is 48.3. The Morgan fingerprint density at radius 2 is 1.48 bits per heavy atom. The molecular formula is C13H13NO9. The number of ether oxygens (including phenoxy) is 1. The van der Waals surface area contributed by atoms with E-state index in [1.807, 2.05) is 0 Å². The quantitative estimate of drug-likeness (QED) is 0.466. The number of carboxylic acids is 4. The molecule has 0 aromatic carbocycles. The summed E-state index contributed by atoms with van der Waals surface area (Å²) in [5, 5.41) is 36.2. The summed E-state index contributed by atoms with van der Waals surface area (Å²) in [5.41, 5.74) is -0.901. The number of aliphatic carboxylic acids is 4. The molecule has 0 aliphatic carbocycles. The van der Waals surface area contributed by atoms with Crippen molar-refractivity contribution >= 4 is 23.9 Å². The SMILES string of the molecule is COCc1cnc(C(C(=O)O)C(=O)O)c(C(C(=O)O)C(=O)O)c1. The third-order valence-electron chi connectivity index (χ3n) is 2.89. The Morgan fingerprint density at radius 3 is 1.87 bits per heavy atom. The van der Waals surface area contributed by atoms with Crippen LogP contribution in [0.25, 0.3) is 0 Å². The Morgan fingerprint density at radius 1 is 1.00 bits per heavy atom. The van der Waals surface area contributed by atoms with Crippen molar-refractivity contribution in [2.24, 2.45) is 0 Å². The highest BCUT2D eigenvalue weighted by Crippen LogP contribution is 2.27. The molecule has 1 rings (SSSR count). The minimum absolute atomic E-state index is 0.0446. The van der Waals surface area contributed by atoms with Crippen molar-refractivity contribution in [3.8, 4) is 0 Å². The van der Waals surface area contributed by atoms with E-state index in [-0.39, 0.29) is 12.2 Å². The number of methoxy groups -OCH3 is 1. The molecule has 0 radical (unpaired) electrons. The van der Waals surface area contributed by atoms with Gasteiger partial charge < -0.3 is 25.2 Å². The number of aromatic nitrogens is 1. The Hall–Kier alpha value is -3.01. The fourth-order valence-electron chi connectivity index (χ4n) is 1.97. The molecule has 0 atom stereocenters. The van der Waals surface area contributed by atoms with E-state index in [1.54, 1.807) is 0 Å². The summed E-state index contributed by atoms with van der Waals surface area (Å²) in [7, 11) is 1.33. The first-order valence-electron chi connectivity index (χ1n) is 6.09. The van der Waals surface area contributed by atoms with E-state index < -0.39 is 47.0 Å². The second kappa shape index (κ2) is 7.31. The summed E-state index contributed by atoms with van der Waals surface area (Å²) in [5.74, 6) is -11.5. The standard InChI is InChI=1S/C13H13NO9/c1-23-4-5-2-6(7(10(15)16)11(17)18)9(14-3-5)8(12(19)20)13(21)22/h2-3,7-8H,4H2,1H3,(H,15,16)(H,17,18)(H,19,20)(H,21,22). The first-order valence-corrected chi connectivity index (χ1v) is 6.09. The molecule has 0 saturated heterocycles. The maximum Gasteiger partial charge on any atom is 0.324 e. The van der Waals surface area contributed by atoms with Gasteiger partial charge in [0.25, 0.3) is 0 Å². The highest BCUT2D eigenvalue weighted by molar-refractivity contribution is 6.02. The third-order valence-corrected chi connectivity index (χ3v) is 2.89. The van der Waals surface area contributed by atoms with Crippen LogP contribution < -0.4 is 0 Å². The molecule has 10 heteroatoms. The van der Waals surface area contributed by atoms with E-state index in [2.05, 4.69) is 4.98 Å². The molecule has 0 aliphatic rings. The first-order chi connectivity index (χ1) is 10.7. The zero-order valence-electron chi connectivity index (χ0n) is 11.8. The van der Waals surface area contributed by atoms with Crippen LogP contribution in [0.1, 0.15) is 28.7 Å². The molecule has 0 spiro atoms. The molecule has 10 nitrogen and oxygen atoms in total. The van der Waals surface area contributed by atoms with Crippen molar-refractivity contribution in [2.75, 3.05) is 7.11 Å². The molecule has 124 valence electrons. The molecule has 0 aliphatic heterocycles. The van der Waals surface area contributed by atoms with Gasteiger partial charge in [0, 0.05) is 18.9 Å². The maximum absolute atomic E-state index is 11.2. The smallest absolute Gasteiger partial charge is 0.324 e. The Balaban J connectivity index is 3.62. The molecule has 1 heterocycles. The number of rotatable bonds is 8. The van der Waals surface area contributed by atoms with Crippen molar-refractivity contribution in [3.05, 3.63) is 29.1 Å². The van der Waals surface area contributed by atoms with Gasteiger partial charge in [0.2, 0.25) is 0 Å². The first kappa shape index (κ1) is 18.0. The highest BCUT2D eigenvalue weighted by atomic mass is 16.5. The molecule has 1 aromatic rings. The largest absolute Gasteiger partial charge is 0.480 e. The van der Waals surface area contributed by atoms with E-state index >= 15 is 0 Å². The molecule has 23 heavy (non-hydrogen) atoms. The third kappa shape index (κ3) is 4.01. The number of nitrogens with zero attached hydrogens (tertiary/aromatic N) is 1. The average molecular weight is 327 g/mol. The van der Waals surface area contributed by atoms with E-state index in [0.29, 0.717) is 0 Å². The number of hydrogen-bond donors (Lipinski definition) is 4. The number of carbonyl (C=O) groups is 4. The van der Waals surface area contributed by atoms with Crippen LogP contribution >= 0.6 is 0 Å². The lowest BCUT2D eigenvalue weighted by atomic mass is 9.90. The maximum atomic E-state index is 11.2. The van der Waals surface area contributed by atoms with Gasteiger partial charge in [0.05, 0.1) is 12.3 Å². The molecule has 0 fully saturated rings. The minimum atomic E-state index is -2.19.